The molecule has 2 nitrogen and oxygen atoms in total. The molecule has 18 heavy (non-hydrogen) atoms. The van der Waals surface area contributed by atoms with E-state index in [1.165, 1.54) is 57.2 Å². The lowest BCUT2D eigenvalue weighted by Crippen LogP contribution is -2.55. The fourth-order valence-electron chi connectivity index (χ4n) is 3.50. The Labute approximate surface area is 117 Å². The summed E-state index contributed by atoms with van der Waals surface area (Å²) in [4.78, 5) is 2.49. The Morgan fingerprint density at radius 1 is 1.17 bits per heavy atom. The first-order chi connectivity index (χ1) is 8.64. The molecule has 3 heteroatoms. The summed E-state index contributed by atoms with van der Waals surface area (Å²) in [6, 6.07) is 0.738. The Kier molecular flexibility index (Phi) is 5.40. The van der Waals surface area contributed by atoms with Crippen molar-refractivity contribution < 1.29 is 0 Å². The Morgan fingerprint density at radius 2 is 1.89 bits per heavy atom. The first-order valence-electron chi connectivity index (χ1n) is 7.66. The molecule has 0 aromatic carbocycles. The van der Waals surface area contributed by atoms with Gasteiger partial charge in [0.05, 0.1) is 0 Å². The van der Waals surface area contributed by atoms with E-state index in [4.69, 9.17) is 0 Å². The Hall–Kier alpha value is 0.270. The van der Waals surface area contributed by atoms with Gasteiger partial charge in [-0.15, -0.1) is 0 Å². The van der Waals surface area contributed by atoms with E-state index in [1.54, 1.807) is 0 Å². The number of hydrogen-bond donors (Lipinski definition) is 1. The Bertz CT molecular complexity index is 249. The highest BCUT2D eigenvalue weighted by molar-refractivity contribution is 7.99. The maximum Gasteiger partial charge on any atom is 0.0327 e. The van der Waals surface area contributed by atoms with Crippen LogP contribution in [0.25, 0.3) is 0 Å². The standard InChI is InChI=1S/C15H30N2S/c1-13-14(8-7-11-18-13)16-12-15(17(2)3)9-5-4-6-10-15/h13-14,16H,4-12H2,1-3H3. The van der Waals surface area contributed by atoms with Gasteiger partial charge in [-0.05, 0) is 45.5 Å². The van der Waals surface area contributed by atoms with Crippen LogP contribution in [0.5, 0.6) is 0 Å². The van der Waals surface area contributed by atoms with E-state index in [1.807, 2.05) is 0 Å². The zero-order valence-corrected chi connectivity index (χ0v) is 13.2. The van der Waals surface area contributed by atoms with Gasteiger partial charge in [0.2, 0.25) is 0 Å². The lowest BCUT2D eigenvalue weighted by Gasteiger charge is -2.45. The van der Waals surface area contributed by atoms with E-state index < -0.39 is 0 Å². The SMILES string of the molecule is CC1SCCCC1NCC1(N(C)C)CCCCC1. The normalized spacial score (nSPS) is 32.7. The third-order valence-electron chi connectivity index (χ3n) is 5.03. The molecule has 0 aromatic heterocycles. The monoisotopic (exact) mass is 270 g/mol. The van der Waals surface area contributed by atoms with E-state index >= 15 is 0 Å². The molecule has 2 fully saturated rings. The molecule has 0 aromatic rings. The smallest absolute Gasteiger partial charge is 0.0327 e. The second kappa shape index (κ2) is 6.62. The van der Waals surface area contributed by atoms with E-state index in [2.05, 4.69) is 43.0 Å². The van der Waals surface area contributed by atoms with Crippen LogP contribution in [0.15, 0.2) is 0 Å². The van der Waals surface area contributed by atoms with Crippen LogP contribution >= 0.6 is 11.8 Å². The number of hydrogen-bond acceptors (Lipinski definition) is 3. The van der Waals surface area contributed by atoms with Crippen molar-refractivity contribution in [3.05, 3.63) is 0 Å². The molecule has 2 rings (SSSR count). The molecule has 106 valence electrons. The number of likely N-dealkylation sites (N-methyl/N-ethyl adjacent to an activating group) is 1. The second-order valence-electron chi connectivity index (χ2n) is 6.38. The molecular formula is C15H30N2S. The molecular weight excluding hydrogens is 240 g/mol. The molecule has 0 spiro atoms. The van der Waals surface area contributed by atoms with Crippen molar-refractivity contribution >= 4 is 11.8 Å². The Balaban J connectivity index is 1.88. The van der Waals surface area contributed by atoms with Crippen molar-refractivity contribution in [1.29, 1.82) is 0 Å². The van der Waals surface area contributed by atoms with Crippen LogP contribution in [0.3, 0.4) is 0 Å². The Morgan fingerprint density at radius 3 is 2.50 bits per heavy atom. The molecule has 1 aliphatic carbocycles. The van der Waals surface area contributed by atoms with Crippen molar-refractivity contribution in [2.45, 2.75) is 68.7 Å². The predicted octanol–water partition coefficient (Wildman–Crippen LogP) is 3.12. The topological polar surface area (TPSA) is 15.3 Å². The van der Waals surface area contributed by atoms with E-state index in [0.717, 1.165) is 11.3 Å². The average Bonchev–Trinajstić information content (AvgIpc) is 2.39. The van der Waals surface area contributed by atoms with Gasteiger partial charge in [-0.2, -0.15) is 11.8 Å². The average molecular weight is 270 g/mol. The molecule has 0 bridgehead atoms. The van der Waals surface area contributed by atoms with Crippen LogP contribution in [-0.4, -0.2) is 48.1 Å². The summed E-state index contributed by atoms with van der Waals surface area (Å²) >= 11 is 2.14. The molecule has 2 aliphatic rings. The van der Waals surface area contributed by atoms with Gasteiger partial charge in [0.25, 0.3) is 0 Å². The highest BCUT2D eigenvalue weighted by Crippen LogP contribution is 2.32. The first kappa shape index (κ1) is 14.7. The molecule has 0 radical (unpaired) electrons. The second-order valence-corrected chi connectivity index (χ2v) is 7.87. The zero-order valence-electron chi connectivity index (χ0n) is 12.4. The van der Waals surface area contributed by atoms with Crippen LogP contribution in [0.4, 0.5) is 0 Å². The quantitative estimate of drug-likeness (QED) is 0.845. The van der Waals surface area contributed by atoms with Crippen LogP contribution < -0.4 is 5.32 Å². The van der Waals surface area contributed by atoms with Crippen LogP contribution in [-0.2, 0) is 0 Å². The molecule has 1 heterocycles. The molecule has 0 amide bonds. The molecule has 2 atom stereocenters. The minimum Gasteiger partial charge on any atom is -0.311 e. The van der Waals surface area contributed by atoms with Crippen LogP contribution in [0, 0.1) is 0 Å². The van der Waals surface area contributed by atoms with Crippen molar-refractivity contribution in [2.24, 2.45) is 0 Å². The molecule has 1 saturated heterocycles. The van der Waals surface area contributed by atoms with E-state index in [0.29, 0.717) is 5.54 Å². The summed E-state index contributed by atoms with van der Waals surface area (Å²) in [5, 5.41) is 4.69. The molecule has 1 N–H and O–H groups in total. The summed E-state index contributed by atoms with van der Waals surface area (Å²) in [5.41, 5.74) is 0.431. The minimum atomic E-state index is 0.431. The van der Waals surface area contributed by atoms with Crippen molar-refractivity contribution in [1.82, 2.24) is 10.2 Å². The van der Waals surface area contributed by atoms with Gasteiger partial charge in [0, 0.05) is 23.4 Å². The number of nitrogens with one attached hydrogen (secondary N) is 1. The summed E-state index contributed by atoms with van der Waals surface area (Å²) in [7, 11) is 4.54. The van der Waals surface area contributed by atoms with Crippen molar-refractivity contribution in [3.63, 3.8) is 0 Å². The maximum atomic E-state index is 3.90. The van der Waals surface area contributed by atoms with Gasteiger partial charge in [-0.1, -0.05) is 26.2 Å². The fourth-order valence-corrected chi connectivity index (χ4v) is 4.67. The van der Waals surface area contributed by atoms with Crippen LogP contribution in [0.2, 0.25) is 0 Å². The van der Waals surface area contributed by atoms with Crippen molar-refractivity contribution in [3.8, 4) is 0 Å². The van der Waals surface area contributed by atoms with Gasteiger partial charge in [-0.3, -0.25) is 0 Å². The van der Waals surface area contributed by atoms with Gasteiger partial charge in [-0.25, -0.2) is 0 Å². The van der Waals surface area contributed by atoms with Crippen molar-refractivity contribution in [2.75, 3.05) is 26.4 Å². The predicted molar refractivity (Wildman–Crippen MR) is 82.4 cm³/mol. The molecule has 1 aliphatic heterocycles. The fraction of sp³-hybridized carbons (Fsp3) is 1.00. The summed E-state index contributed by atoms with van der Waals surface area (Å²) < 4.78 is 0. The van der Waals surface area contributed by atoms with Gasteiger partial charge >= 0.3 is 0 Å². The van der Waals surface area contributed by atoms with E-state index in [-0.39, 0.29) is 0 Å². The largest absolute Gasteiger partial charge is 0.311 e. The third kappa shape index (κ3) is 3.43. The maximum absolute atomic E-state index is 3.90. The zero-order chi connectivity index (χ0) is 13.0. The van der Waals surface area contributed by atoms with E-state index in [9.17, 15) is 0 Å². The highest BCUT2D eigenvalue weighted by atomic mass is 32.2. The first-order valence-corrected chi connectivity index (χ1v) is 8.71. The summed E-state index contributed by atoms with van der Waals surface area (Å²) in [6.45, 7) is 3.58. The number of nitrogens with zero attached hydrogens (tertiary/aromatic N) is 1. The van der Waals surface area contributed by atoms with Gasteiger partial charge in [0.15, 0.2) is 0 Å². The van der Waals surface area contributed by atoms with Crippen LogP contribution in [0.1, 0.15) is 51.9 Å². The third-order valence-corrected chi connectivity index (χ3v) is 6.41. The summed E-state index contributed by atoms with van der Waals surface area (Å²) in [6.07, 6.45) is 9.77. The molecule has 2 unspecified atom stereocenters. The van der Waals surface area contributed by atoms with Gasteiger partial charge in [0.1, 0.15) is 0 Å². The number of thioether (sulfide) groups is 1. The number of rotatable bonds is 4. The van der Waals surface area contributed by atoms with Gasteiger partial charge < -0.3 is 10.2 Å². The summed E-state index contributed by atoms with van der Waals surface area (Å²) in [5.74, 6) is 1.36. The highest BCUT2D eigenvalue weighted by Gasteiger charge is 2.35. The minimum absolute atomic E-state index is 0.431. The lowest BCUT2D eigenvalue weighted by atomic mass is 9.80. The molecule has 1 saturated carbocycles. The lowest BCUT2D eigenvalue weighted by molar-refractivity contribution is 0.0945.